The number of amides is 1. The van der Waals surface area contributed by atoms with Crippen molar-refractivity contribution in [3.8, 4) is 0 Å². The highest BCUT2D eigenvalue weighted by Gasteiger charge is 2.37. The van der Waals surface area contributed by atoms with Crippen molar-refractivity contribution >= 4 is 15.7 Å². The van der Waals surface area contributed by atoms with Gasteiger partial charge in [0.25, 0.3) is 0 Å². The number of hydrogen-bond donors (Lipinski definition) is 0. The van der Waals surface area contributed by atoms with E-state index in [1.54, 1.807) is 37.8 Å². The van der Waals surface area contributed by atoms with Gasteiger partial charge in [-0.2, -0.15) is 0 Å². The minimum absolute atomic E-state index is 0.101. The quantitative estimate of drug-likeness (QED) is 0.773. The second-order valence-electron chi connectivity index (χ2n) is 5.71. The first-order chi connectivity index (χ1) is 8.71. The summed E-state index contributed by atoms with van der Waals surface area (Å²) in [5, 5.41) is 7.56. The SMILES string of the molecule is CC(C)(C)S(=O)(=O)CC(=O)N1CC(n2ccnn2)C1. The van der Waals surface area contributed by atoms with Crippen molar-refractivity contribution < 1.29 is 13.2 Å². The molecule has 0 unspecified atom stereocenters. The highest BCUT2D eigenvalue weighted by atomic mass is 32.2. The Balaban J connectivity index is 1.91. The van der Waals surface area contributed by atoms with Crippen LogP contribution >= 0.6 is 0 Å². The van der Waals surface area contributed by atoms with Gasteiger partial charge in [-0.3, -0.25) is 4.79 Å². The number of nitrogens with zero attached hydrogens (tertiary/aromatic N) is 4. The molecule has 0 atom stereocenters. The average Bonchev–Trinajstić information content (AvgIpc) is 2.65. The predicted molar refractivity (Wildman–Crippen MR) is 69.2 cm³/mol. The number of sulfone groups is 1. The monoisotopic (exact) mass is 286 g/mol. The van der Waals surface area contributed by atoms with Gasteiger partial charge in [-0.25, -0.2) is 13.1 Å². The Kier molecular flexibility index (Phi) is 3.38. The van der Waals surface area contributed by atoms with Crippen molar-refractivity contribution in [1.29, 1.82) is 0 Å². The molecule has 0 N–H and O–H groups in total. The Labute approximate surface area is 112 Å². The van der Waals surface area contributed by atoms with E-state index in [4.69, 9.17) is 0 Å². The minimum Gasteiger partial charge on any atom is -0.337 e. The average molecular weight is 286 g/mol. The van der Waals surface area contributed by atoms with E-state index in [1.807, 2.05) is 0 Å². The fraction of sp³-hybridized carbons (Fsp3) is 0.727. The molecule has 2 rings (SSSR count). The summed E-state index contributed by atoms with van der Waals surface area (Å²) in [6, 6.07) is 0.101. The van der Waals surface area contributed by atoms with Gasteiger partial charge in [-0.15, -0.1) is 5.10 Å². The summed E-state index contributed by atoms with van der Waals surface area (Å²) >= 11 is 0. The molecule has 1 aliphatic heterocycles. The van der Waals surface area contributed by atoms with Gasteiger partial charge < -0.3 is 4.90 Å². The van der Waals surface area contributed by atoms with Crippen molar-refractivity contribution in [2.45, 2.75) is 31.6 Å². The first-order valence-corrected chi connectivity index (χ1v) is 7.72. The summed E-state index contributed by atoms with van der Waals surface area (Å²) in [6.07, 6.45) is 3.31. The zero-order chi connectivity index (χ0) is 14.3. The fourth-order valence-corrected chi connectivity index (χ4v) is 2.65. The van der Waals surface area contributed by atoms with Crippen molar-refractivity contribution in [1.82, 2.24) is 19.9 Å². The van der Waals surface area contributed by atoms with E-state index < -0.39 is 20.3 Å². The summed E-state index contributed by atoms with van der Waals surface area (Å²) in [6.45, 7) is 5.78. The van der Waals surface area contributed by atoms with Gasteiger partial charge in [0.1, 0.15) is 5.75 Å². The Hall–Kier alpha value is -1.44. The molecule has 1 amide bonds. The van der Waals surface area contributed by atoms with Gasteiger partial charge in [0.15, 0.2) is 9.84 Å². The van der Waals surface area contributed by atoms with E-state index in [2.05, 4.69) is 10.3 Å². The van der Waals surface area contributed by atoms with E-state index in [1.165, 1.54) is 4.90 Å². The van der Waals surface area contributed by atoms with Crippen molar-refractivity contribution in [3.63, 3.8) is 0 Å². The maximum atomic E-state index is 11.9. The predicted octanol–water partition coefficient (Wildman–Crippen LogP) is -0.125. The number of carbonyl (C=O) groups excluding carboxylic acids is 1. The van der Waals surface area contributed by atoms with Gasteiger partial charge in [-0.1, -0.05) is 5.21 Å². The van der Waals surface area contributed by atoms with Crippen LogP contribution in [-0.4, -0.2) is 57.8 Å². The van der Waals surface area contributed by atoms with Crippen molar-refractivity contribution in [2.75, 3.05) is 18.8 Å². The molecule has 1 aliphatic rings. The molecular weight excluding hydrogens is 268 g/mol. The summed E-state index contributed by atoms with van der Waals surface area (Å²) in [7, 11) is -3.42. The maximum Gasteiger partial charge on any atom is 0.237 e. The molecule has 19 heavy (non-hydrogen) atoms. The van der Waals surface area contributed by atoms with Gasteiger partial charge in [0.2, 0.25) is 5.91 Å². The molecule has 1 saturated heterocycles. The number of likely N-dealkylation sites (tertiary alicyclic amines) is 1. The van der Waals surface area contributed by atoms with Crippen LogP contribution in [0.25, 0.3) is 0 Å². The molecule has 7 nitrogen and oxygen atoms in total. The van der Waals surface area contributed by atoms with E-state index in [0.717, 1.165) is 0 Å². The first-order valence-electron chi connectivity index (χ1n) is 6.06. The van der Waals surface area contributed by atoms with E-state index in [-0.39, 0.29) is 11.9 Å². The van der Waals surface area contributed by atoms with Crippen LogP contribution in [0.15, 0.2) is 12.4 Å². The molecule has 1 fully saturated rings. The molecule has 0 saturated carbocycles. The summed E-state index contributed by atoms with van der Waals surface area (Å²) in [5.74, 6) is -0.771. The van der Waals surface area contributed by atoms with Crippen LogP contribution in [0.5, 0.6) is 0 Å². The Morgan fingerprint density at radius 3 is 2.47 bits per heavy atom. The summed E-state index contributed by atoms with van der Waals surface area (Å²) < 4.78 is 24.7. The van der Waals surface area contributed by atoms with Gasteiger partial charge in [-0.05, 0) is 20.8 Å². The topological polar surface area (TPSA) is 85.2 Å². The van der Waals surface area contributed by atoms with Crippen LogP contribution < -0.4 is 0 Å². The second-order valence-corrected chi connectivity index (χ2v) is 8.45. The lowest BCUT2D eigenvalue weighted by atomic mass is 10.1. The highest BCUT2D eigenvalue weighted by molar-refractivity contribution is 7.93. The zero-order valence-corrected chi connectivity index (χ0v) is 12.1. The fourth-order valence-electron chi connectivity index (χ4n) is 1.71. The van der Waals surface area contributed by atoms with Crippen LogP contribution in [0.1, 0.15) is 26.8 Å². The van der Waals surface area contributed by atoms with Crippen molar-refractivity contribution in [3.05, 3.63) is 12.4 Å². The Morgan fingerprint density at radius 1 is 1.37 bits per heavy atom. The lowest BCUT2D eigenvalue weighted by molar-refractivity contribution is -0.134. The number of hydrogen-bond acceptors (Lipinski definition) is 5. The number of carbonyl (C=O) groups is 1. The molecule has 8 heteroatoms. The van der Waals surface area contributed by atoms with Gasteiger partial charge >= 0.3 is 0 Å². The van der Waals surface area contributed by atoms with E-state index in [9.17, 15) is 13.2 Å². The molecule has 0 aliphatic carbocycles. The lowest BCUT2D eigenvalue weighted by Crippen LogP contribution is -2.53. The molecule has 0 aromatic carbocycles. The maximum absolute atomic E-state index is 11.9. The van der Waals surface area contributed by atoms with Gasteiger partial charge in [0.05, 0.1) is 17.0 Å². The number of aromatic nitrogens is 3. The largest absolute Gasteiger partial charge is 0.337 e. The zero-order valence-electron chi connectivity index (χ0n) is 11.3. The number of rotatable bonds is 3. The highest BCUT2D eigenvalue weighted by Crippen LogP contribution is 2.22. The molecule has 106 valence electrons. The van der Waals surface area contributed by atoms with E-state index in [0.29, 0.717) is 13.1 Å². The van der Waals surface area contributed by atoms with E-state index >= 15 is 0 Å². The smallest absolute Gasteiger partial charge is 0.237 e. The Bertz CT molecular complexity index is 553. The van der Waals surface area contributed by atoms with Crippen LogP contribution in [0.2, 0.25) is 0 Å². The molecule has 0 radical (unpaired) electrons. The first kappa shape index (κ1) is 14.0. The van der Waals surface area contributed by atoms with Crippen LogP contribution in [0.4, 0.5) is 0 Å². The van der Waals surface area contributed by atoms with Crippen LogP contribution in [0, 0.1) is 0 Å². The minimum atomic E-state index is -3.42. The van der Waals surface area contributed by atoms with Gasteiger partial charge in [0, 0.05) is 19.3 Å². The standard InChI is InChI=1S/C11H18N4O3S/c1-11(2,3)19(17,18)8-10(16)14-6-9(7-14)15-5-4-12-13-15/h4-5,9H,6-8H2,1-3H3. The lowest BCUT2D eigenvalue weighted by Gasteiger charge is -2.39. The van der Waals surface area contributed by atoms with Crippen molar-refractivity contribution in [2.24, 2.45) is 0 Å². The molecule has 0 spiro atoms. The molecule has 1 aromatic rings. The molecular formula is C11H18N4O3S. The summed E-state index contributed by atoms with van der Waals surface area (Å²) in [5.41, 5.74) is 0. The third-order valence-corrected chi connectivity index (χ3v) is 5.77. The van der Waals surface area contributed by atoms with Crippen LogP contribution in [0.3, 0.4) is 0 Å². The molecule has 1 aromatic heterocycles. The second kappa shape index (κ2) is 4.59. The third kappa shape index (κ3) is 2.78. The van der Waals surface area contributed by atoms with Crippen LogP contribution in [-0.2, 0) is 14.6 Å². The third-order valence-electron chi connectivity index (χ3n) is 3.28. The molecule has 2 heterocycles. The normalized spacial score (nSPS) is 17.3. The Morgan fingerprint density at radius 2 is 2.00 bits per heavy atom. The molecule has 0 bridgehead atoms. The summed E-state index contributed by atoms with van der Waals surface area (Å²) in [4.78, 5) is 13.4.